The summed E-state index contributed by atoms with van der Waals surface area (Å²) in [7, 11) is 0. The van der Waals surface area contributed by atoms with Gasteiger partial charge in [0.05, 0.1) is 43.1 Å². The highest BCUT2D eigenvalue weighted by molar-refractivity contribution is 6.40. The average molecular weight is 667 g/mol. The zero-order valence-corrected chi connectivity index (χ0v) is 26.7. The van der Waals surface area contributed by atoms with E-state index in [0.29, 0.717) is 61.7 Å². The highest BCUT2D eigenvalue weighted by atomic mass is 35.5. The number of aliphatic hydroxyl groups excluding tert-OH is 1. The summed E-state index contributed by atoms with van der Waals surface area (Å²) in [6.07, 6.45) is 2.86. The van der Waals surface area contributed by atoms with Gasteiger partial charge in [-0.3, -0.25) is 9.59 Å². The number of aliphatic hydroxyl groups is 1. The average Bonchev–Trinajstić information content (AvgIpc) is 3.39. The van der Waals surface area contributed by atoms with E-state index in [0.717, 1.165) is 22.3 Å². The Balaban J connectivity index is 1.12. The molecule has 1 fully saturated rings. The number of benzene rings is 3. The first-order valence-corrected chi connectivity index (χ1v) is 15.9. The number of anilines is 2. The lowest BCUT2D eigenvalue weighted by molar-refractivity contribution is -0.252. The number of halogens is 2. The van der Waals surface area contributed by atoms with Gasteiger partial charge in [0.2, 0.25) is 11.8 Å². The molecule has 3 atom stereocenters. The monoisotopic (exact) mass is 665 g/mol. The Kier molecular flexibility index (Phi) is 11.7. The van der Waals surface area contributed by atoms with Gasteiger partial charge in [-0.25, -0.2) is 4.98 Å². The maximum absolute atomic E-state index is 12.4. The van der Waals surface area contributed by atoms with Crippen molar-refractivity contribution < 1.29 is 24.2 Å². The van der Waals surface area contributed by atoms with Crippen LogP contribution >= 0.6 is 23.2 Å². The second kappa shape index (κ2) is 16.1. The number of aromatic nitrogens is 2. The van der Waals surface area contributed by atoms with E-state index in [1.165, 1.54) is 0 Å². The zero-order valence-electron chi connectivity index (χ0n) is 25.2. The third-order valence-corrected chi connectivity index (χ3v) is 8.55. The van der Waals surface area contributed by atoms with Gasteiger partial charge in [-0.15, -0.1) is 0 Å². The summed E-state index contributed by atoms with van der Waals surface area (Å²) in [5.41, 5.74) is 10.5. The van der Waals surface area contributed by atoms with Gasteiger partial charge < -0.3 is 35.5 Å². The molecule has 4 aromatic rings. The second-order valence-corrected chi connectivity index (χ2v) is 11.9. The third kappa shape index (κ3) is 9.08. The van der Waals surface area contributed by atoms with Crippen molar-refractivity contribution in [3.63, 3.8) is 0 Å². The van der Waals surface area contributed by atoms with Crippen molar-refractivity contribution in [2.75, 3.05) is 11.1 Å². The fourth-order valence-electron chi connectivity index (χ4n) is 5.20. The number of hydrogen-bond donors (Lipinski definition) is 4. The first-order chi connectivity index (χ1) is 22.3. The molecule has 5 N–H and O–H groups in total. The van der Waals surface area contributed by atoms with Gasteiger partial charge >= 0.3 is 0 Å². The number of unbranched alkanes of at least 4 members (excludes halogenated alkanes) is 1. The Labute approximate surface area is 277 Å². The summed E-state index contributed by atoms with van der Waals surface area (Å²) < 4.78 is 14.5. The minimum Gasteiger partial charge on any atom is -0.397 e. The maximum Gasteiger partial charge on any atom is 0.224 e. The number of para-hydroxylation sites is 2. The van der Waals surface area contributed by atoms with Crippen molar-refractivity contribution >= 4 is 46.4 Å². The number of rotatable bonds is 13. The largest absolute Gasteiger partial charge is 0.397 e. The third-order valence-electron chi connectivity index (χ3n) is 7.78. The van der Waals surface area contributed by atoms with Gasteiger partial charge in [0.25, 0.3) is 0 Å². The van der Waals surface area contributed by atoms with Gasteiger partial charge in [-0.1, -0.05) is 83.9 Å². The number of nitrogens with two attached hydrogens (primary N) is 1. The van der Waals surface area contributed by atoms with E-state index in [9.17, 15) is 14.7 Å². The van der Waals surface area contributed by atoms with E-state index < -0.39 is 6.29 Å². The molecule has 10 nitrogen and oxygen atoms in total. The molecular weight excluding hydrogens is 629 g/mol. The number of nitrogen functional groups attached to an aromatic ring is 1. The van der Waals surface area contributed by atoms with Crippen LogP contribution in [0.15, 0.2) is 79.1 Å². The van der Waals surface area contributed by atoms with Gasteiger partial charge in [-0.05, 0) is 41.7 Å². The van der Waals surface area contributed by atoms with E-state index in [4.69, 9.17) is 38.4 Å². The van der Waals surface area contributed by atoms with Crippen LogP contribution in [0.2, 0.25) is 10.3 Å². The number of carbonyl (C=O) groups excluding carboxylic acids is 2. The normalized spacial score (nSPS) is 17.8. The predicted molar refractivity (Wildman–Crippen MR) is 177 cm³/mol. The first kappa shape index (κ1) is 33.4. The Hall–Kier alpha value is -3.93. The van der Waals surface area contributed by atoms with Gasteiger partial charge in [0, 0.05) is 31.4 Å². The molecule has 1 aromatic heterocycles. The summed E-state index contributed by atoms with van der Waals surface area (Å²) in [5.74, 6) is -0.205. The molecule has 2 heterocycles. The van der Waals surface area contributed by atoms with Crippen molar-refractivity contribution in [3.05, 3.63) is 112 Å². The molecule has 1 aliphatic heterocycles. The molecular formula is C34H37Cl2N5O5. The summed E-state index contributed by atoms with van der Waals surface area (Å²) >= 11 is 12.4. The molecule has 3 unspecified atom stereocenters. The fourth-order valence-corrected chi connectivity index (χ4v) is 5.51. The molecule has 242 valence electrons. The summed E-state index contributed by atoms with van der Waals surface area (Å²) in [6, 6.07) is 22.5. The van der Waals surface area contributed by atoms with Crippen molar-refractivity contribution in [2.24, 2.45) is 0 Å². The second-order valence-electron chi connectivity index (χ2n) is 11.2. The molecule has 3 aromatic carbocycles. The number of nitrogens with zero attached hydrogens (tertiary/aromatic N) is 2. The topological polar surface area (TPSA) is 141 Å². The van der Waals surface area contributed by atoms with Crippen molar-refractivity contribution in [2.45, 2.75) is 70.3 Å². The molecule has 12 heteroatoms. The number of nitrogens with one attached hydrogen (secondary N) is 2. The highest BCUT2D eigenvalue weighted by Gasteiger charge is 2.33. The molecule has 0 spiro atoms. The quantitative estimate of drug-likeness (QED) is 0.0967. The van der Waals surface area contributed by atoms with Crippen LogP contribution in [0.1, 0.15) is 66.8 Å². The number of carbonyl (C=O) groups is 2. The number of imidazole rings is 1. The van der Waals surface area contributed by atoms with Gasteiger partial charge in [-0.2, -0.15) is 0 Å². The molecule has 2 amide bonds. The van der Waals surface area contributed by atoms with E-state index >= 15 is 0 Å². The Morgan fingerprint density at radius 2 is 1.59 bits per heavy atom. The van der Waals surface area contributed by atoms with Crippen LogP contribution in [0, 0.1) is 0 Å². The van der Waals surface area contributed by atoms with E-state index in [1.54, 1.807) is 23.0 Å². The van der Waals surface area contributed by atoms with Crippen molar-refractivity contribution in [1.29, 1.82) is 0 Å². The molecule has 1 aliphatic rings. The summed E-state index contributed by atoms with van der Waals surface area (Å²) in [5, 5.41) is 15.8. The molecule has 46 heavy (non-hydrogen) atoms. The lowest BCUT2D eigenvalue weighted by Crippen LogP contribution is -2.32. The van der Waals surface area contributed by atoms with Crippen LogP contribution in [0.5, 0.6) is 0 Å². The molecule has 0 bridgehead atoms. The molecule has 0 radical (unpaired) electrons. The van der Waals surface area contributed by atoms with Crippen LogP contribution in [0.25, 0.3) is 0 Å². The molecule has 0 saturated carbocycles. The van der Waals surface area contributed by atoms with E-state index in [2.05, 4.69) is 15.6 Å². The lowest BCUT2D eigenvalue weighted by Gasteiger charge is -2.36. The fraction of sp³-hybridized carbons (Fsp3) is 0.324. The minimum absolute atomic E-state index is 0.0307. The zero-order chi connectivity index (χ0) is 32.5. The summed E-state index contributed by atoms with van der Waals surface area (Å²) in [6.45, 7) is 0.790. The lowest BCUT2D eigenvalue weighted by atomic mass is 10.00. The van der Waals surface area contributed by atoms with Crippen LogP contribution in [0.3, 0.4) is 0 Å². The number of ether oxygens (including phenoxy) is 2. The molecule has 1 saturated heterocycles. The molecule has 0 aliphatic carbocycles. The number of hydrogen-bond acceptors (Lipinski definition) is 7. The Bertz CT molecular complexity index is 1610. The van der Waals surface area contributed by atoms with Crippen LogP contribution in [0.4, 0.5) is 11.4 Å². The first-order valence-electron chi connectivity index (χ1n) is 15.2. The Morgan fingerprint density at radius 3 is 2.26 bits per heavy atom. The maximum atomic E-state index is 12.4. The van der Waals surface area contributed by atoms with Gasteiger partial charge in [0.1, 0.15) is 5.15 Å². The SMILES string of the molecule is Nc1ccccc1NC(=O)CCCCC(=O)NCc1ccc(C2OC(Cn3cnc(Cl)c3Cl)CC(c3ccc(CO)cc3)O2)cc1. The number of amides is 2. The smallest absolute Gasteiger partial charge is 0.224 e. The van der Waals surface area contributed by atoms with Gasteiger partial charge in [0.15, 0.2) is 11.4 Å². The van der Waals surface area contributed by atoms with Crippen molar-refractivity contribution in [3.8, 4) is 0 Å². The summed E-state index contributed by atoms with van der Waals surface area (Å²) in [4.78, 5) is 28.7. The van der Waals surface area contributed by atoms with Crippen LogP contribution < -0.4 is 16.4 Å². The van der Waals surface area contributed by atoms with E-state index in [-0.39, 0.29) is 35.8 Å². The Morgan fingerprint density at radius 1 is 0.913 bits per heavy atom. The minimum atomic E-state index is -0.641. The van der Waals surface area contributed by atoms with Crippen LogP contribution in [-0.2, 0) is 38.8 Å². The van der Waals surface area contributed by atoms with E-state index in [1.807, 2.05) is 60.7 Å². The highest BCUT2D eigenvalue weighted by Crippen LogP contribution is 2.39. The standard InChI is InChI=1S/C34H37Cl2N5O5/c35-32-33(36)41(21-39-32)19-26-17-29(24-13-11-23(20-42)12-14-24)46-34(45-26)25-15-9-22(10-16-25)18-38-30(43)7-3-4-8-31(44)40-28-6-2-1-5-27(28)37/h1-2,5-6,9-16,21,26,29,34,42H,3-4,7-8,17-20,37H2,(H,38,43)(H,40,44). The predicted octanol–water partition coefficient (Wildman–Crippen LogP) is 6.33. The molecule has 5 rings (SSSR count). The van der Waals surface area contributed by atoms with Crippen LogP contribution in [-0.4, -0.2) is 32.6 Å². The van der Waals surface area contributed by atoms with Crippen molar-refractivity contribution in [1.82, 2.24) is 14.9 Å².